The lowest BCUT2D eigenvalue weighted by atomic mass is 9.91. The van der Waals surface area contributed by atoms with Gasteiger partial charge >= 0.3 is 0 Å². The number of rotatable bonds is 16. The van der Waals surface area contributed by atoms with Gasteiger partial charge in [-0.25, -0.2) is 8.42 Å². The third-order valence-electron chi connectivity index (χ3n) is 12.0. The van der Waals surface area contributed by atoms with E-state index in [1.165, 1.54) is 98.4 Å². The van der Waals surface area contributed by atoms with Crippen LogP contribution >= 0.6 is 11.6 Å². The molecule has 2 heterocycles. The molecule has 2 aliphatic heterocycles. The van der Waals surface area contributed by atoms with Crippen LogP contribution in [0.15, 0.2) is 111 Å². The second-order valence-electron chi connectivity index (χ2n) is 15.7. The van der Waals surface area contributed by atoms with E-state index in [1.54, 1.807) is 13.8 Å². The van der Waals surface area contributed by atoms with E-state index in [9.17, 15) is 45.7 Å². The SMILES string of the molecule is CCN(CC)S(=O)(=O)c1ccc(OC)c(N=Nc2c(O)c(C(=O)Nc3cc(Cl)c(OC)cc3OC)c(CN3C(=O)c4ccccc4C3=O)c3c(CN4C(=O)c5ccccc5C4=O)c(S(=O)(=O)O)ccc23)c1. The summed E-state index contributed by atoms with van der Waals surface area (Å²) in [5.74, 6) is -5.48. The second kappa shape index (κ2) is 19.2. The molecule has 0 aliphatic carbocycles. The Kier molecular flexibility index (Phi) is 13.4. The number of nitrogens with zero attached hydrogens (tertiary/aromatic N) is 5. The topological polar surface area (TPSA) is 268 Å². The van der Waals surface area contributed by atoms with Crippen molar-refractivity contribution >= 4 is 89.1 Å². The predicted octanol–water partition coefficient (Wildman–Crippen LogP) is 7.76. The molecule has 6 aromatic carbocycles. The van der Waals surface area contributed by atoms with E-state index in [0.29, 0.717) is 4.90 Å². The van der Waals surface area contributed by atoms with Gasteiger partial charge in [0.05, 0.1) is 82.7 Å². The molecule has 0 fully saturated rings. The number of aromatic hydroxyl groups is 1. The quantitative estimate of drug-likeness (QED) is 0.0475. The minimum Gasteiger partial charge on any atom is -0.505 e. The Balaban J connectivity index is 1.47. The zero-order valence-electron chi connectivity index (χ0n) is 38.2. The van der Waals surface area contributed by atoms with Crippen molar-refractivity contribution in [1.82, 2.24) is 14.1 Å². The van der Waals surface area contributed by atoms with Gasteiger partial charge in [0.25, 0.3) is 39.7 Å². The van der Waals surface area contributed by atoms with Crippen LogP contribution in [-0.2, 0) is 33.2 Å². The zero-order valence-corrected chi connectivity index (χ0v) is 40.6. The van der Waals surface area contributed by atoms with Gasteiger partial charge in [-0.2, -0.15) is 12.7 Å². The summed E-state index contributed by atoms with van der Waals surface area (Å²) in [6, 6.07) is 19.9. The van der Waals surface area contributed by atoms with Gasteiger partial charge in [-0.15, -0.1) is 10.2 Å². The van der Waals surface area contributed by atoms with Crippen LogP contribution in [0.2, 0.25) is 5.02 Å². The van der Waals surface area contributed by atoms with E-state index in [4.69, 9.17) is 25.8 Å². The first kappa shape index (κ1) is 49.7. The summed E-state index contributed by atoms with van der Waals surface area (Å²) in [4.78, 5) is 71.7. The van der Waals surface area contributed by atoms with Crippen LogP contribution in [0.5, 0.6) is 23.0 Å². The predicted molar refractivity (Wildman–Crippen MR) is 257 cm³/mol. The average Bonchev–Trinajstić information content (AvgIpc) is 3.73. The largest absolute Gasteiger partial charge is 0.505 e. The van der Waals surface area contributed by atoms with Crippen molar-refractivity contribution in [2.24, 2.45) is 10.2 Å². The third-order valence-corrected chi connectivity index (χ3v) is 15.2. The monoisotopic (exact) mass is 1020 g/mol. The van der Waals surface area contributed by atoms with E-state index in [1.807, 2.05) is 0 Å². The molecular weight excluding hydrogens is 984 g/mol. The Hall–Kier alpha value is -7.76. The van der Waals surface area contributed by atoms with Gasteiger partial charge in [0.15, 0.2) is 5.75 Å². The second-order valence-corrected chi connectivity index (χ2v) is 19.5. The molecule has 0 aromatic heterocycles. The Bertz CT molecular complexity index is 3480. The molecule has 8 rings (SSSR count). The number of sulfonamides is 1. The summed E-state index contributed by atoms with van der Waals surface area (Å²) in [6.07, 6.45) is 0. The van der Waals surface area contributed by atoms with Crippen molar-refractivity contribution in [2.75, 3.05) is 39.7 Å². The number of benzene rings is 6. The number of hydrogen-bond acceptors (Lipinski definition) is 15. The van der Waals surface area contributed by atoms with Gasteiger partial charge in [0, 0.05) is 30.1 Å². The van der Waals surface area contributed by atoms with E-state index in [2.05, 4.69) is 15.5 Å². The number of methoxy groups -OCH3 is 3. The highest BCUT2D eigenvalue weighted by Crippen LogP contribution is 2.48. The standard InChI is InChI=1S/C48H41ClN6O14S2/c1-6-53(7-2)70(62,63)25-16-18-36(67-3)35(20-25)51-52-42-30-17-19-39(71(64,65)66)31(23-54-45(58)26-12-8-9-13-27(26)46(54)59)40(30)32(24-55-47(60)28-14-10-11-15-29(28)48(55)61)41(43(42)56)44(57)50-34-21-33(49)37(68-4)22-38(34)69-5/h8-22,56H,6-7,23-24H2,1-5H3,(H,50,57)(H,64,65,66). The Labute approximate surface area is 410 Å². The fourth-order valence-corrected chi connectivity index (χ4v) is 11.0. The molecular formula is C48H41ClN6O14S2. The zero-order chi connectivity index (χ0) is 51.3. The maximum absolute atomic E-state index is 15.1. The molecule has 366 valence electrons. The molecule has 0 unspecified atom stereocenters. The highest BCUT2D eigenvalue weighted by molar-refractivity contribution is 7.89. The maximum Gasteiger partial charge on any atom is 0.294 e. The number of carbonyl (C=O) groups is 5. The van der Waals surface area contributed by atoms with Crippen LogP contribution in [0.1, 0.15) is 76.8 Å². The van der Waals surface area contributed by atoms with Gasteiger partial charge < -0.3 is 24.6 Å². The maximum atomic E-state index is 15.1. The van der Waals surface area contributed by atoms with Crippen molar-refractivity contribution in [3.8, 4) is 23.0 Å². The molecule has 5 amide bonds. The van der Waals surface area contributed by atoms with Crippen molar-refractivity contribution in [3.05, 3.63) is 135 Å². The number of carbonyl (C=O) groups excluding carboxylic acids is 5. The van der Waals surface area contributed by atoms with Crippen LogP contribution in [0.25, 0.3) is 10.8 Å². The molecule has 71 heavy (non-hydrogen) atoms. The number of fused-ring (bicyclic) bond motifs is 3. The van der Waals surface area contributed by atoms with Crippen molar-refractivity contribution < 1.29 is 64.7 Å². The summed E-state index contributed by atoms with van der Waals surface area (Å²) >= 11 is 6.48. The van der Waals surface area contributed by atoms with Crippen LogP contribution in [0, 0.1) is 0 Å². The van der Waals surface area contributed by atoms with Gasteiger partial charge in [-0.05, 0) is 65.5 Å². The fourth-order valence-electron chi connectivity index (χ4n) is 8.54. The van der Waals surface area contributed by atoms with Crippen LogP contribution < -0.4 is 19.5 Å². The number of halogens is 1. The number of phenolic OH excluding ortho intramolecular Hbond substituents is 1. The van der Waals surface area contributed by atoms with E-state index >= 15 is 4.79 Å². The smallest absolute Gasteiger partial charge is 0.294 e. The Morgan fingerprint density at radius 2 is 1.21 bits per heavy atom. The number of nitrogens with one attached hydrogen (secondary N) is 1. The normalized spacial score (nSPS) is 13.7. The first-order valence-electron chi connectivity index (χ1n) is 21.3. The Morgan fingerprint density at radius 1 is 0.690 bits per heavy atom. The number of amides is 5. The molecule has 23 heteroatoms. The summed E-state index contributed by atoms with van der Waals surface area (Å²) < 4.78 is 82.7. The summed E-state index contributed by atoms with van der Waals surface area (Å²) in [5, 5.41) is 23.2. The van der Waals surface area contributed by atoms with Crippen molar-refractivity contribution in [2.45, 2.75) is 36.7 Å². The first-order chi connectivity index (χ1) is 33.8. The highest BCUT2D eigenvalue weighted by atomic mass is 35.5. The summed E-state index contributed by atoms with van der Waals surface area (Å²) in [7, 11) is -5.54. The molecule has 0 saturated heterocycles. The summed E-state index contributed by atoms with van der Waals surface area (Å²) in [5.41, 5.74) is -2.74. The minimum atomic E-state index is -5.33. The van der Waals surface area contributed by atoms with E-state index in [0.717, 1.165) is 23.1 Å². The van der Waals surface area contributed by atoms with Crippen molar-refractivity contribution in [3.63, 3.8) is 0 Å². The molecule has 3 N–H and O–H groups in total. The van der Waals surface area contributed by atoms with Crippen LogP contribution in [0.4, 0.5) is 17.1 Å². The highest BCUT2D eigenvalue weighted by Gasteiger charge is 2.41. The molecule has 0 atom stereocenters. The van der Waals surface area contributed by atoms with Gasteiger partial charge in [-0.3, -0.25) is 38.3 Å². The molecule has 6 aromatic rings. The number of imide groups is 2. The number of phenols is 1. The van der Waals surface area contributed by atoms with E-state index in [-0.39, 0.29) is 79.3 Å². The number of ether oxygens (including phenoxy) is 3. The molecule has 20 nitrogen and oxygen atoms in total. The number of azo groups is 1. The lowest BCUT2D eigenvalue weighted by molar-refractivity contribution is 0.0629. The number of anilines is 1. The molecule has 0 spiro atoms. The van der Waals surface area contributed by atoms with Gasteiger partial charge in [0.2, 0.25) is 10.0 Å². The molecule has 0 radical (unpaired) electrons. The average molecular weight is 1030 g/mol. The Morgan fingerprint density at radius 3 is 1.70 bits per heavy atom. The van der Waals surface area contributed by atoms with Crippen molar-refractivity contribution in [1.29, 1.82) is 0 Å². The lowest BCUT2D eigenvalue weighted by Crippen LogP contribution is -2.32. The number of hydrogen-bond donors (Lipinski definition) is 3. The fraction of sp³-hybridized carbons (Fsp3) is 0.188. The van der Waals surface area contributed by atoms with Gasteiger partial charge in [-0.1, -0.05) is 55.8 Å². The molecule has 0 bridgehead atoms. The lowest BCUT2D eigenvalue weighted by Gasteiger charge is -2.25. The van der Waals surface area contributed by atoms with E-state index < -0.39 is 101 Å². The van der Waals surface area contributed by atoms with Gasteiger partial charge in [0.1, 0.15) is 28.6 Å². The molecule has 2 aliphatic rings. The van der Waals surface area contributed by atoms with Crippen LogP contribution in [0.3, 0.4) is 0 Å². The summed E-state index contributed by atoms with van der Waals surface area (Å²) in [6.45, 7) is 1.75. The minimum absolute atomic E-state index is 0.000272. The third kappa shape index (κ3) is 8.69. The first-order valence-corrected chi connectivity index (χ1v) is 24.6. The van der Waals surface area contributed by atoms with Crippen LogP contribution in [-0.4, -0.2) is 105 Å². The molecule has 0 saturated carbocycles.